The number of rotatable bonds is 22. The number of carbonyl (C=O) groups is 2. The van der Waals surface area contributed by atoms with Crippen molar-refractivity contribution in [2.45, 2.75) is 128 Å². The summed E-state index contributed by atoms with van der Waals surface area (Å²) in [5.74, 6) is 1.43. The summed E-state index contributed by atoms with van der Waals surface area (Å²) < 4.78 is 20.3. The Morgan fingerprint density at radius 1 is 0.939 bits per heavy atom. The molecule has 14 nitrogen and oxygen atoms in total. The predicted molar refractivity (Wildman–Crippen MR) is 192 cm³/mol. The third kappa shape index (κ3) is 15.8. The van der Waals surface area contributed by atoms with E-state index in [0.717, 1.165) is 49.4 Å². The molecule has 2 aliphatic rings. The Bertz CT molecular complexity index is 1220. The Morgan fingerprint density at radius 3 is 2.31 bits per heavy atom. The van der Waals surface area contributed by atoms with Gasteiger partial charge in [-0.25, -0.2) is 9.48 Å². The smallest absolute Gasteiger partial charge is 0.315 e. The molecule has 0 aliphatic carbocycles. The SMILES string of the molecule is CC(C)c1cn(CCOCCOCCOCCNC(=O)CCCCCC2SC[C@@H]3NC(=O)N[C@H]23)nn1.CCCCn1cc(C(C)(C)C)nn1. The highest BCUT2D eigenvalue weighted by molar-refractivity contribution is 8.00. The first-order chi connectivity index (χ1) is 23.6. The molecule has 3 N–H and O–H groups in total. The number of hydrogen-bond donors (Lipinski definition) is 3. The maximum Gasteiger partial charge on any atom is 0.315 e. The Labute approximate surface area is 296 Å². The fourth-order valence-corrected chi connectivity index (χ4v) is 6.80. The van der Waals surface area contributed by atoms with Gasteiger partial charge in [-0.05, 0) is 25.2 Å². The molecule has 3 atom stereocenters. The molecule has 2 fully saturated rings. The summed E-state index contributed by atoms with van der Waals surface area (Å²) in [6.45, 7) is 18.1. The van der Waals surface area contributed by atoms with Crippen LogP contribution in [0.3, 0.4) is 0 Å². The Kier molecular flexibility index (Phi) is 18.4. The minimum absolute atomic E-state index is 0.0374. The van der Waals surface area contributed by atoms with Crippen molar-refractivity contribution in [1.29, 1.82) is 0 Å². The van der Waals surface area contributed by atoms with Crippen LogP contribution in [-0.2, 0) is 37.5 Å². The summed E-state index contributed by atoms with van der Waals surface area (Å²) in [6.07, 6.45) is 11.0. The van der Waals surface area contributed by atoms with E-state index in [1.807, 2.05) is 22.6 Å². The minimum Gasteiger partial charge on any atom is -0.377 e. The molecule has 15 heteroatoms. The van der Waals surface area contributed by atoms with Gasteiger partial charge in [0, 0.05) is 48.3 Å². The van der Waals surface area contributed by atoms with Crippen LogP contribution in [0.2, 0.25) is 0 Å². The zero-order chi connectivity index (χ0) is 35.5. The van der Waals surface area contributed by atoms with Gasteiger partial charge in [0.1, 0.15) is 0 Å². The number of nitrogens with one attached hydrogen (secondary N) is 3. The van der Waals surface area contributed by atoms with Crippen LogP contribution >= 0.6 is 11.8 Å². The number of thioether (sulfide) groups is 1. The van der Waals surface area contributed by atoms with Crippen LogP contribution in [0.25, 0.3) is 0 Å². The number of unbranched alkanes of at least 4 members (excludes halogenated alkanes) is 3. The van der Waals surface area contributed by atoms with Gasteiger partial charge < -0.3 is 30.2 Å². The van der Waals surface area contributed by atoms with Gasteiger partial charge in [-0.2, -0.15) is 11.8 Å². The van der Waals surface area contributed by atoms with Crippen molar-refractivity contribution in [3.05, 3.63) is 23.8 Å². The van der Waals surface area contributed by atoms with Crippen molar-refractivity contribution in [2.24, 2.45) is 0 Å². The molecule has 0 spiro atoms. The monoisotopic (exact) mass is 707 g/mol. The van der Waals surface area contributed by atoms with E-state index in [1.54, 1.807) is 4.68 Å². The average molecular weight is 708 g/mol. The van der Waals surface area contributed by atoms with E-state index in [1.165, 1.54) is 12.8 Å². The van der Waals surface area contributed by atoms with Gasteiger partial charge in [0.25, 0.3) is 0 Å². The van der Waals surface area contributed by atoms with E-state index in [9.17, 15) is 9.59 Å². The molecular formula is C34H61N9O5S. The summed E-state index contributed by atoms with van der Waals surface area (Å²) in [4.78, 5) is 23.4. The molecule has 0 saturated carbocycles. The zero-order valence-electron chi connectivity index (χ0n) is 30.6. The Hall–Kier alpha value is -2.75. The second kappa shape index (κ2) is 22.1. The summed E-state index contributed by atoms with van der Waals surface area (Å²) >= 11 is 1.94. The first-order valence-corrected chi connectivity index (χ1v) is 19.1. The van der Waals surface area contributed by atoms with Crippen molar-refractivity contribution in [1.82, 2.24) is 45.9 Å². The number of nitrogens with zero attached hydrogens (tertiary/aromatic N) is 6. The number of amides is 3. The topological polar surface area (TPSA) is 159 Å². The molecule has 2 aliphatic heterocycles. The second-order valence-corrected chi connectivity index (χ2v) is 15.2. The molecule has 4 heterocycles. The largest absolute Gasteiger partial charge is 0.377 e. The van der Waals surface area contributed by atoms with Crippen LogP contribution in [0, 0.1) is 0 Å². The number of aromatic nitrogens is 6. The summed E-state index contributed by atoms with van der Waals surface area (Å²) in [6, 6.07) is 0.504. The van der Waals surface area contributed by atoms with Crippen molar-refractivity contribution in [3.8, 4) is 0 Å². The fourth-order valence-electron chi connectivity index (χ4n) is 5.26. The molecule has 4 rings (SSSR count). The molecule has 0 aromatic carbocycles. The molecule has 0 bridgehead atoms. The van der Waals surface area contributed by atoms with Crippen molar-refractivity contribution in [2.75, 3.05) is 51.9 Å². The number of aryl methyl sites for hydroxylation is 1. The van der Waals surface area contributed by atoms with Crippen LogP contribution in [0.15, 0.2) is 12.4 Å². The number of ether oxygens (including phenoxy) is 3. The zero-order valence-corrected chi connectivity index (χ0v) is 31.4. The highest BCUT2D eigenvalue weighted by Gasteiger charge is 2.42. The number of hydrogen-bond acceptors (Lipinski definition) is 10. The normalized spacial score (nSPS) is 18.6. The Balaban J connectivity index is 0.000000419. The van der Waals surface area contributed by atoms with Gasteiger partial charge in [0.05, 0.1) is 69.7 Å². The van der Waals surface area contributed by atoms with Crippen LogP contribution in [0.4, 0.5) is 4.79 Å². The van der Waals surface area contributed by atoms with Gasteiger partial charge in [-0.15, -0.1) is 10.2 Å². The predicted octanol–water partition coefficient (Wildman–Crippen LogP) is 4.06. The molecular weight excluding hydrogens is 646 g/mol. The first kappa shape index (κ1) is 40.7. The third-order valence-electron chi connectivity index (χ3n) is 8.30. The van der Waals surface area contributed by atoms with Gasteiger partial charge >= 0.3 is 6.03 Å². The van der Waals surface area contributed by atoms with Gasteiger partial charge in [-0.3, -0.25) is 9.48 Å². The summed E-state index contributed by atoms with van der Waals surface area (Å²) in [5, 5.41) is 25.8. The molecule has 2 saturated heterocycles. The van der Waals surface area contributed by atoms with Crippen LogP contribution < -0.4 is 16.0 Å². The van der Waals surface area contributed by atoms with E-state index < -0.39 is 0 Å². The Morgan fingerprint density at radius 2 is 1.63 bits per heavy atom. The first-order valence-electron chi connectivity index (χ1n) is 18.1. The number of carbonyl (C=O) groups excluding carboxylic acids is 2. The lowest BCUT2D eigenvalue weighted by atomic mass is 9.93. The van der Waals surface area contributed by atoms with Crippen LogP contribution in [0.1, 0.15) is 104 Å². The lowest BCUT2D eigenvalue weighted by molar-refractivity contribution is -0.121. The summed E-state index contributed by atoms with van der Waals surface area (Å²) in [7, 11) is 0. The highest BCUT2D eigenvalue weighted by atomic mass is 32.2. The number of urea groups is 1. The lowest BCUT2D eigenvalue weighted by Gasteiger charge is -2.16. The van der Waals surface area contributed by atoms with Crippen molar-refractivity contribution in [3.63, 3.8) is 0 Å². The van der Waals surface area contributed by atoms with Gasteiger partial charge in [-0.1, -0.05) is 71.2 Å². The van der Waals surface area contributed by atoms with E-state index in [2.05, 4.69) is 84.3 Å². The van der Waals surface area contributed by atoms with E-state index >= 15 is 0 Å². The van der Waals surface area contributed by atoms with Crippen LogP contribution in [-0.4, -0.2) is 111 Å². The highest BCUT2D eigenvalue weighted by Crippen LogP contribution is 2.33. The quantitative estimate of drug-likeness (QED) is 0.120. The second-order valence-electron chi connectivity index (χ2n) is 13.9. The maximum atomic E-state index is 12.0. The fraction of sp³-hybridized carbons (Fsp3) is 0.824. The lowest BCUT2D eigenvalue weighted by Crippen LogP contribution is -2.36. The minimum atomic E-state index is -0.0374. The standard InChI is InChI=1S/C24H42N6O5S.C10H19N3/c1-18(2)19-16-30(29-28-19)9-11-34-13-15-35-14-12-33-10-8-25-22(31)7-5-3-4-6-21-23-20(17-36-21)26-24(32)27-23;1-5-6-7-13-8-9(11-12-13)10(2,3)4/h16,18,20-21,23H,3-15,17H2,1-2H3,(H,25,31)(H2,26,27,32);8H,5-7H2,1-4H3/t20-,21?,23-;/m0./s1. The van der Waals surface area contributed by atoms with Crippen LogP contribution in [0.5, 0.6) is 0 Å². The molecule has 2 aromatic heterocycles. The molecule has 278 valence electrons. The molecule has 0 radical (unpaired) electrons. The maximum absolute atomic E-state index is 12.0. The van der Waals surface area contributed by atoms with Crippen molar-refractivity contribution >= 4 is 23.7 Å². The van der Waals surface area contributed by atoms with E-state index in [0.29, 0.717) is 70.3 Å². The average Bonchev–Trinajstić information content (AvgIpc) is 3.86. The molecule has 2 aromatic rings. The number of fused-ring (bicyclic) bond motifs is 1. The summed E-state index contributed by atoms with van der Waals surface area (Å²) in [5.41, 5.74) is 2.18. The van der Waals surface area contributed by atoms with E-state index in [4.69, 9.17) is 14.2 Å². The third-order valence-corrected chi connectivity index (χ3v) is 9.81. The molecule has 49 heavy (non-hydrogen) atoms. The van der Waals surface area contributed by atoms with Crippen molar-refractivity contribution < 1.29 is 23.8 Å². The van der Waals surface area contributed by atoms with Gasteiger partial charge in [0.15, 0.2) is 0 Å². The molecule has 1 unspecified atom stereocenters. The van der Waals surface area contributed by atoms with E-state index in [-0.39, 0.29) is 29.4 Å². The van der Waals surface area contributed by atoms with Gasteiger partial charge in [0.2, 0.25) is 5.91 Å². The molecule has 3 amide bonds.